The highest BCUT2D eigenvalue weighted by Crippen LogP contribution is 2.47. The number of halogens is 1. The molecule has 1 fully saturated rings. The summed E-state index contributed by atoms with van der Waals surface area (Å²) in [6, 6.07) is 6.17. The van der Waals surface area contributed by atoms with Crippen LogP contribution in [0.5, 0.6) is 0 Å². The molecule has 2 aliphatic rings. The summed E-state index contributed by atoms with van der Waals surface area (Å²) in [7, 11) is 0. The van der Waals surface area contributed by atoms with Gasteiger partial charge in [-0.1, -0.05) is 22.0 Å². The zero-order valence-corrected chi connectivity index (χ0v) is 11.2. The fourth-order valence-corrected chi connectivity index (χ4v) is 3.72. The number of hydrogen-bond acceptors (Lipinski definition) is 2. The summed E-state index contributed by atoms with van der Waals surface area (Å²) in [5.74, 6) is 0.345. The predicted octanol–water partition coefficient (Wildman–Crippen LogP) is 2.75. The van der Waals surface area contributed by atoms with Gasteiger partial charge in [0.25, 0.3) is 0 Å². The summed E-state index contributed by atoms with van der Waals surface area (Å²) in [6.07, 6.45) is 3.46. The molecule has 2 aliphatic carbocycles. The molecule has 0 radical (unpaired) electrons. The zero-order valence-electron chi connectivity index (χ0n) is 9.58. The van der Waals surface area contributed by atoms with Crippen molar-refractivity contribution in [3.05, 3.63) is 33.8 Å². The topological polar surface area (TPSA) is 37.3 Å². The van der Waals surface area contributed by atoms with Crippen LogP contribution in [0.4, 0.5) is 0 Å². The van der Waals surface area contributed by atoms with Gasteiger partial charge in [-0.3, -0.25) is 4.79 Å². The Kier molecular flexibility index (Phi) is 2.64. The number of rotatable bonds is 0. The molecule has 90 valence electrons. The van der Waals surface area contributed by atoms with Crippen molar-refractivity contribution in [2.24, 2.45) is 0 Å². The van der Waals surface area contributed by atoms with Crippen LogP contribution < -0.4 is 0 Å². The van der Waals surface area contributed by atoms with E-state index in [2.05, 4.69) is 28.1 Å². The number of carbonyl (C=O) groups excluding carboxylic acids is 1. The predicted molar refractivity (Wildman–Crippen MR) is 69.0 cm³/mol. The van der Waals surface area contributed by atoms with Gasteiger partial charge in [0.05, 0.1) is 11.5 Å². The van der Waals surface area contributed by atoms with E-state index in [-0.39, 0.29) is 11.5 Å². The lowest BCUT2D eigenvalue weighted by molar-refractivity contribution is -0.124. The van der Waals surface area contributed by atoms with Crippen LogP contribution in [0.15, 0.2) is 22.7 Å². The Morgan fingerprint density at radius 1 is 1.29 bits per heavy atom. The fourth-order valence-electron chi connectivity index (χ4n) is 3.31. The maximum atomic E-state index is 12.3. The number of carbonyl (C=O) groups is 1. The molecule has 0 heterocycles. The highest BCUT2D eigenvalue weighted by atomic mass is 79.9. The van der Waals surface area contributed by atoms with Crippen molar-refractivity contribution in [2.75, 3.05) is 0 Å². The lowest BCUT2D eigenvalue weighted by Crippen LogP contribution is -2.37. The van der Waals surface area contributed by atoms with Crippen LogP contribution in [0.25, 0.3) is 0 Å². The van der Waals surface area contributed by atoms with Crippen LogP contribution in [-0.4, -0.2) is 17.0 Å². The second-order valence-electron chi connectivity index (χ2n) is 5.21. The molecule has 0 aromatic heterocycles. The van der Waals surface area contributed by atoms with Crippen molar-refractivity contribution < 1.29 is 9.90 Å². The third kappa shape index (κ3) is 1.67. The van der Waals surface area contributed by atoms with E-state index >= 15 is 0 Å². The van der Waals surface area contributed by atoms with Gasteiger partial charge in [-0.05, 0) is 48.9 Å². The Balaban J connectivity index is 2.05. The van der Waals surface area contributed by atoms with Gasteiger partial charge < -0.3 is 5.11 Å². The van der Waals surface area contributed by atoms with Crippen LogP contribution in [-0.2, 0) is 16.6 Å². The van der Waals surface area contributed by atoms with E-state index in [1.54, 1.807) is 0 Å². The average molecular weight is 295 g/mol. The summed E-state index contributed by atoms with van der Waals surface area (Å²) in [5, 5.41) is 9.61. The molecule has 0 amide bonds. The Bertz CT molecular complexity index is 473. The van der Waals surface area contributed by atoms with Gasteiger partial charge in [0.15, 0.2) is 0 Å². The first-order valence-electron chi connectivity index (χ1n) is 6.12. The standard InChI is InChI=1S/C14H15BrO2/c15-10-1-2-12-9(7-10)8-13(17)14(12)5-3-11(16)4-6-14/h1-2,7,11,16H,3-6,8H2. The van der Waals surface area contributed by atoms with E-state index in [0.29, 0.717) is 12.2 Å². The van der Waals surface area contributed by atoms with E-state index in [1.807, 2.05) is 6.07 Å². The molecule has 0 bridgehead atoms. The molecule has 3 rings (SSSR count). The van der Waals surface area contributed by atoms with E-state index in [0.717, 1.165) is 30.2 Å². The monoisotopic (exact) mass is 294 g/mol. The van der Waals surface area contributed by atoms with Crippen molar-refractivity contribution in [1.82, 2.24) is 0 Å². The number of Topliss-reactive ketones (excluding diaryl/α,β-unsaturated/α-hetero) is 1. The Morgan fingerprint density at radius 2 is 2.00 bits per heavy atom. The fraction of sp³-hybridized carbons (Fsp3) is 0.500. The second-order valence-corrected chi connectivity index (χ2v) is 6.13. The van der Waals surface area contributed by atoms with Crippen LogP contribution in [0, 0.1) is 0 Å². The summed E-state index contributed by atoms with van der Waals surface area (Å²) in [4.78, 5) is 12.3. The van der Waals surface area contributed by atoms with Gasteiger partial charge in [-0.2, -0.15) is 0 Å². The molecule has 1 aromatic rings. The first kappa shape index (κ1) is 11.4. The number of hydrogen-bond donors (Lipinski definition) is 1. The van der Waals surface area contributed by atoms with Crippen LogP contribution in [0.1, 0.15) is 36.8 Å². The zero-order chi connectivity index (χ0) is 12.0. The average Bonchev–Trinajstić information content (AvgIpc) is 2.55. The Hall–Kier alpha value is -0.670. The van der Waals surface area contributed by atoms with Gasteiger partial charge >= 0.3 is 0 Å². The minimum absolute atomic E-state index is 0.215. The third-order valence-electron chi connectivity index (χ3n) is 4.28. The van der Waals surface area contributed by atoms with Crippen LogP contribution in [0.2, 0.25) is 0 Å². The largest absolute Gasteiger partial charge is 0.393 e. The summed E-state index contributed by atoms with van der Waals surface area (Å²) in [6.45, 7) is 0. The lowest BCUT2D eigenvalue weighted by Gasteiger charge is -2.35. The molecule has 1 N–H and O–H groups in total. The maximum absolute atomic E-state index is 12.3. The number of benzene rings is 1. The first-order valence-corrected chi connectivity index (χ1v) is 6.91. The van der Waals surface area contributed by atoms with Crippen LogP contribution >= 0.6 is 15.9 Å². The minimum atomic E-state index is -0.282. The van der Waals surface area contributed by atoms with Gasteiger partial charge in [-0.15, -0.1) is 0 Å². The molecule has 0 atom stereocenters. The smallest absolute Gasteiger partial charge is 0.147 e. The number of aliphatic hydroxyl groups excluding tert-OH is 1. The Labute approximate surface area is 109 Å². The van der Waals surface area contributed by atoms with Crippen molar-refractivity contribution in [3.63, 3.8) is 0 Å². The number of aliphatic hydroxyl groups is 1. The molecule has 3 heteroatoms. The molecule has 1 spiro atoms. The molecule has 0 saturated heterocycles. The third-order valence-corrected chi connectivity index (χ3v) is 4.77. The molecular formula is C14H15BrO2. The van der Waals surface area contributed by atoms with Crippen molar-refractivity contribution >= 4 is 21.7 Å². The van der Waals surface area contributed by atoms with Crippen molar-refractivity contribution in [2.45, 2.75) is 43.6 Å². The molecule has 1 aromatic carbocycles. The van der Waals surface area contributed by atoms with E-state index in [4.69, 9.17) is 0 Å². The molecule has 17 heavy (non-hydrogen) atoms. The highest BCUT2D eigenvalue weighted by molar-refractivity contribution is 9.10. The van der Waals surface area contributed by atoms with Crippen molar-refractivity contribution in [3.8, 4) is 0 Å². The first-order chi connectivity index (χ1) is 8.12. The molecule has 0 aliphatic heterocycles. The molecule has 1 saturated carbocycles. The molecular weight excluding hydrogens is 280 g/mol. The minimum Gasteiger partial charge on any atom is -0.393 e. The summed E-state index contributed by atoms with van der Waals surface area (Å²) >= 11 is 3.46. The van der Waals surface area contributed by atoms with Crippen LogP contribution in [0.3, 0.4) is 0 Å². The normalized spacial score (nSPS) is 31.9. The number of fused-ring (bicyclic) bond motifs is 2. The van der Waals surface area contributed by atoms with E-state index < -0.39 is 0 Å². The quantitative estimate of drug-likeness (QED) is 0.799. The SMILES string of the molecule is O=C1Cc2cc(Br)ccc2C12CCC(O)CC2. The van der Waals surface area contributed by atoms with Crippen molar-refractivity contribution in [1.29, 1.82) is 0 Å². The maximum Gasteiger partial charge on any atom is 0.147 e. The van der Waals surface area contributed by atoms with Gasteiger partial charge in [0.1, 0.15) is 5.78 Å². The summed E-state index contributed by atoms with van der Waals surface area (Å²) in [5.41, 5.74) is 2.09. The summed E-state index contributed by atoms with van der Waals surface area (Å²) < 4.78 is 1.04. The van der Waals surface area contributed by atoms with E-state index in [9.17, 15) is 9.90 Å². The van der Waals surface area contributed by atoms with Gasteiger partial charge in [-0.25, -0.2) is 0 Å². The molecule has 0 unspecified atom stereocenters. The highest BCUT2D eigenvalue weighted by Gasteiger charge is 2.47. The Morgan fingerprint density at radius 3 is 2.71 bits per heavy atom. The van der Waals surface area contributed by atoms with Gasteiger partial charge in [0, 0.05) is 10.9 Å². The van der Waals surface area contributed by atoms with Gasteiger partial charge in [0.2, 0.25) is 0 Å². The number of ketones is 1. The second kappa shape index (κ2) is 3.92. The molecule has 2 nitrogen and oxygen atoms in total. The van der Waals surface area contributed by atoms with E-state index in [1.165, 1.54) is 11.1 Å². The lowest BCUT2D eigenvalue weighted by atomic mass is 9.69.